The lowest BCUT2D eigenvalue weighted by Crippen LogP contribution is -2.52. The maximum absolute atomic E-state index is 13.3. The number of benzene rings is 1. The summed E-state index contributed by atoms with van der Waals surface area (Å²) in [5.74, 6) is -0.815. The van der Waals surface area contributed by atoms with Crippen LogP contribution in [-0.2, 0) is 9.53 Å². The Labute approximate surface area is 99.7 Å². The van der Waals surface area contributed by atoms with Gasteiger partial charge >= 0.3 is 5.97 Å². The number of likely N-dealkylation sites (N-methyl/N-ethyl adjacent to an activating group) is 1. The number of carbonyl (C=O) groups excluding carboxylic acids is 1. The average molecular weight is 241 g/mol. The molecule has 0 aliphatic rings. The number of methoxy groups -OCH3 is 1. The van der Waals surface area contributed by atoms with Crippen molar-refractivity contribution in [2.45, 2.75) is 12.5 Å². The maximum atomic E-state index is 13.3. The molecule has 0 amide bonds. The first kappa shape index (κ1) is 13.4. The minimum Gasteiger partial charge on any atom is -0.488 e. The summed E-state index contributed by atoms with van der Waals surface area (Å²) < 4.78 is 23.2. The lowest BCUT2D eigenvalue weighted by Gasteiger charge is -2.25. The van der Waals surface area contributed by atoms with Gasteiger partial charge in [-0.3, -0.25) is 0 Å². The fourth-order valence-corrected chi connectivity index (χ4v) is 1.24. The van der Waals surface area contributed by atoms with Crippen LogP contribution in [0.2, 0.25) is 0 Å². The molecule has 0 aromatic heterocycles. The Bertz CT molecular complexity index is 397. The zero-order chi connectivity index (χ0) is 12.9. The predicted octanol–water partition coefficient (Wildman–Crippen LogP) is 1.36. The highest BCUT2D eigenvalue weighted by atomic mass is 19.1. The molecule has 4 nitrogen and oxygen atoms in total. The van der Waals surface area contributed by atoms with E-state index >= 15 is 0 Å². The topological polar surface area (TPSA) is 47.6 Å². The van der Waals surface area contributed by atoms with Gasteiger partial charge in [-0.25, -0.2) is 9.18 Å². The molecule has 94 valence electrons. The van der Waals surface area contributed by atoms with E-state index in [2.05, 4.69) is 10.1 Å². The number of rotatable bonds is 5. The van der Waals surface area contributed by atoms with Crippen molar-refractivity contribution in [1.29, 1.82) is 0 Å². The first-order chi connectivity index (χ1) is 8.03. The van der Waals surface area contributed by atoms with Crippen LogP contribution in [0.1, 0.15) is 6.92 Å². The first-order valence-electron chi connectivity index (χ1n) is 5.18. The predicted molar refractivity (Wildman–Crippen MR) is 61.4 cm³/mol. The molecule has 0 aliphatic heterocycles. The number of hydrogen-bond acceptors (Lipinski definition) is 4. The summed E-state index contributed by atoms with van der Waals surface area (Å²) in [5, 5.41) is 2.80. The van der Waals surface area contributed by atoms with Crippen LogP contribution < -0.4 is 10.1 Å². The van der Waals surface area contributed by atoms with Gasteiger partial charge in [0.1, 0.15) is 12.1 Å². The van der Waals surface area contributed by atoms with Gasteiger partial charge in [0.25, 0.3) is 0 Å². The molecule has 1 unspecified atom stereocenters. The van der Waals surface area contributed by atoms with Crippen molar-refractivity contribution in [3.8, 4) is 5.75 Å². The smallest absolute Gasteiger partial charge is 0.329 e. The van der Waals surface area contributed by atoms with Crippen molar-refractivity contribution in [3.05, 3.63) is 30.1 Å². The minimum absolute atomic E-state index is 0.0168. The molecule has 17 heavy (non-hydrogen) atoms. The molecule has 0 spiro atoms. The highest BCUT2D eigenvalue weighted by Crippen LogP contribution is 2.17. The molecule has 0 saturated heterocycles. The number of halogens is 1. The summed E-state index contributed by atoms with van der Waals surface area (Å²) in [7, 11) is 2.91. The summed E-state index contributed by atoms with van der Waals surface area (Å²) in [6.07, 6.45) is 0. The standard InChI is InChI=1S/C12H16FNO3/c1-12(14-2,11(15)16-3)8-17-10-7-5-4-6-9(10)13/h4-7,14H,8H2,1-3H3. The lowest BCUT2D eigenvalue weighted by molar-refractivity contribution is -0.149. The Morgan fingerprint density at radius 2 is 2.12 bits per heavy atom. The number of nitrogens with one attached hydrogen (secondary N) is 1. The fourth-order valence-electron chi connectivity index (χ4n) is 1.24. The Balaban J connectivity index is 2.72. The fraction of sp³-hybridized carbons (Fsp3) is 0.417. The Kier molecular flexibility index (Phi) is 4.45. The van der Waals surface area contributed by atoms with Gasteiger partial charge in [0.05, 0.1) is 7.11 Å². The summed E-state index contributed by atoms with van der Waals surface area (Å²) in [6, 6.07) is 6.03. The third-order valence-electron chi connectivity index (χ3n) is 2.54. The van der Waals surface area contributed by atoms with Crippen LogP contribution in [0.5, 0.6) is 5.75 Å². The second kappa shape index (κ2) is 5.63. The van der Waals surface area contributed by atoms with Gasteiger partial charge in [0.2, 0.25) is 0 Å². The molecule has 0 bridgehead atoms. The molecule has 0 aliphatic carbocycles. The zero-order valence-electron chi connectivity index (χ0n) is 10.1. The Morgan fingerprint density at radius 3 is 2.65 bits per heavy atom. The van der Waals surface area contributed by atoms with Crippen molar-refractivity contribution in [2.24, 2.45) is 0 Å². The van der Waals surface area contributed by atoms with Crippen LogP contribution in [0.15, 0.2) is 24.3 Å². The van der Waals surface area contributed by atoms with E-state index in [1.54, 1.807) is 26.1 Å². The van der Waals surface area contributed by atoms with Gasteiger partial charge in [-0.1, -0.05) is 12.1 Å². The van der Waals surface area contributed by atoms with Crippen molar-refractivity contribution in [3.63, 3.8) is 0 Å². The molecule has 1 rings (SSSR count). The number of ether oxygens (including phenoxy) is 2. The zero-order valence-corrected chi connectivity index (χ0v) is 10.1. The molecule has 1 aromatic rings. The van der Waals surface area contributed by atoms with Crippen LogP contribution in [-0.4, -0.2) is 32.3 Å². The summed E-state index contributed by atoms with van der Waals surface area (Å²) in [6.45, 7) is 1.61. The largest absolute Gasteiger partial charge is 0.488 e. The number of esters is 1. The highest BCUT2D eigenvalue weighted by Gasteiger charge is 2.33. The van der Waals surface area contributed by atoms with Gasteiger partial charge in [-0.05, 0) is 26.1 Å². The highest BCUT2D eigenvalue weighted by molar-refractivity contribution is 5.80. The van der Waals surface area contributed by atoms with Gasteiger partial charge < -0.3 is 14.8 Å². The van der Waals surface area contributed by atoms with E-state index in [0.29, 0.717) is 0 Å². The second-order valence-electron chi connectivity index (χ2n) is 3.79. The van der Waals surface area contributed by atoms with Crippen molar-refractivity contribution >= 4 is 5.97 Å². The summed E-state index contributed by atoms with van der Waals surface area (Å²) >= 11 is 0. The van der Waals surface area contributed by atoms with E-state index in [-0.39, 0.29) is 12.4 Å². The molecular weight excluding hydrogens is 225 g/mol. The third kappa shape index (κ3) is 3.17. The van der Waals surface area contributed by atoms with Crippen LogP contribution in [0.3, 0.4) is 0 Å². The second-order valence-corrected chi connectivity index (χ2v) is 3.79. The van der Waals surface area contributed by atoms with Crippen molar-refractivity contribution in [2.75, 3.05) is 20.8 Å². The van der Waals surface area contributed by atoms with Gasteiger partial charge in [0, 0.05) is 0 Å². The van der Waals surface area contributed by atoms with Crippen LogP contribution >= 0.6 is 0 Å². The van der Waals surface area contributed by atoms with E-state index in [1.807, 2.05) is 0 Å². The van der Waals surface area contributed by atoms with Crippen LogP contribution in [0.25, 0.3) is 0 Å². The molecule has 1 N–H and O–H groups in total. The monoisotopic (exact) mass is 241 g/mol. The number of carbonyl (C=O) groups is 1. The third-order valence-corrected chi connectivity index (χ3v) is 2.54. The average Bonchev–Trinajstić information content (AvgIpc) is 2.36. The van der Waals surface area contributed by atoms with E-state index in [9.17, 15) is 9.18 Å². The summed E-state index contributed by atoms with van der Waals surface area (Å²) in [4.78, 5) is 11.5. The first-order valence-corrected chi connectivity index (χ1v) is 5.18. The molecule has 5 heteroatoms. The molecule has 0 radical (unpaired) electrons. The van der Waals surface area contributed by atoms with Gasteiger partial charge in [-0.2, -0.15) is 0 Å². The molecule has 0 saturated carbocycles. The molecule has 0 fully saturated rings. The maximum Gasteiger partial charge on any atom is 0.329 e. The van der Waals surface area contributed by atoms with Crippen molar-refractivity contribution in [1.82, 2.24) is 5.32 Å². The van der Waals surface area contributed by atoms with E-state index in [0.717, 1.165) is 0 Å². The normalized spacial score (nSPS) is 13.9. The Hall–Kier alpha value is -1.62. The molecule has 1 aromatic carbocycles. The summed E-state index contributed by atoms with van der Waals surface area (Å²) in [5.41, 5.74) is -1.00. The molecule has 1 atom stereocenters. The SMILES string of the molecule is CNC(C)(COc1ccccc1F)C(=O)OC. The Morgan fingerprint density at radius 1 is 1.47 bits per heavy atom. The van der Waals surface area contributed by atoms with E-state index in [4.69, 9.17) is 4.74 Å². The quantitative estimate of drug-likeness (QED) is 0.791. The molecular formula is C12H16FNO3. The van der Waals surface area contributed by atoms with E-state index < -0.39 is 17.3 Å². The minimum atomic E-state index is -1.00. The van der Waals surface area contributed by atoms with Crippen molar-refractivity contribution < 1.29 is 18.7 Å². The number of hydrogen-bond donors (Lipinski definition) is 1. The lowest BCUT2D eigenvalue weighted by atomic mass is 10.1. The van der Waals surface area contributed by atoms with Crippen LogP contribution in [0, 0.1) is 5.82 Å². The van der Waals surface area contributed by atoms with E-state index in [1.165, 1.54) is 19.2 Å². The number of para-hydroxylation sites is 1. The van der Waals surface area contributed by atoms with Gasteiger partial charge in [0.15, 0.2) is 11.6 Å². The molecule has 0 heterocycles. The van der Waals surface area contributed by atoms with Gasteiger partial charge in [-0.15, -0.1) is 0 Å². The van der Waals surface area contributed by atoms with Crippen LogP contribution in [0.4, 0.5) is 4.39 Å².